The second-order valence-corrected chi connectivity index (χ2v) is 4.05. The standard InChI is InChI=1S/C13H15F3N2O4/c1-2-21-12(20)18-17-11(19)8-7-9-5-3-4-6-10(9)22-13(14,15)16/h3-6H,2,7-8H2,1H3,(H,17,19)(H,18,20). The van der Waals surface area contributed by atoms with Crippen LogP contribution in [0.1, 0.15) is 18.9 Å². The average Bonchev–Trinajstić information content (AvgIpc) is 2.43. The molecule has 6 nitrogen and oxygen atoms in total. The van der Waals surface area contributed by atoms with E-state index in [0.717, 1.165) is 6.07 Å². The summed E-state index contributed by atoms with van der Waals surface area (Å²) in [6, 6.07) is 5.52. The van der Waals surface area contributed by atoms with Crippen molar-refractivity contribution >= 4 is 12.0 Å². The van der Waals surface area contributed by atoms with Gasteiger partial charge < -0.3 is 9.47 Å². The quantitative estimate of drug-likeness (QED) is 0.816. The number of halogens is 3. The third-order valence-corrected chi connectivity index (χ3v) is 2.40. The summed E-state index contributed by atoms with van der Waals surface area (Å²) in [5.74, 6) is -0.934. The van der Waals surface area contributed by atoms with Crippen molar-refractivity contribution in [1.29, 1.82) is 0 Å². The van der Waals surface area contributed by atoms with Crippen LogP contribution in [0, 0.1) is 0 Å². The van der Waals surface area contributed by atoms with Gasteiger partial charge in [-0.3, -0.25) is 10.2 Å². The summed E-state index contributed by atoms with van der Waals surface area (Å²) >= 11 is 0. The first-order valence-electron chi connectivity index (χ1n) is 6.37. The first-order valence-corrected chi connectivity index (χ1v) is 6.37. The monoisotopic (exact) mass is 320 g/mol. The number of hydrogen-bond acceptors (Lipinski definition) is 4. The van der Waals surface area contributed by atoms with E-state index in [2.05, 4.69) is 14.9 Å². The van der Waals surface area contributed by atoms with Gasteiger partial charge in [0, 0.05) is 6.42 Å². The van der Waals surface area contributed by atoms with E-state index in [1.807, 2.05) is 5.43 Å². The number of alkyl halides is 3. The van der Waals surface area contributed by atoms with Crippen molar-refractivity contribution in [1.82, 2.24) is 10.9 Å². The lowest BCUT2D eigenvalue weighted by Gasteiger charge is -2.13. The van der Waals surface area contributed by atoms with Gasteiger partial charge >= 0.3 is 12.5 Å². The van der Waals surface area contributed by atoms with Crippen LogP contribution >= 0.6 is 0 Å². The predicted octanol–water partition coefficient (Wildman–Crippen LogP) is 2.30. The van der Waals surface area contributed by atoms with Gasteiger partial charge in [-0.25, -0.2) is 10.2 Å². The molecule has 2 amide bonds. The summed E-state index contributed by atoms with van der Waals surface area (Å²) in [4.78, 5) is 22.4. The molecule has 0 saturated heterocycles. The Kier molecular flexibility index (Phi) is 6.48. The lowest BCUT2D eigenvalue weighted by molar-refractivity contribution is -0.274. The van der Waals surface area contributed by atoms with Crippen LogP contribution in [0.5, 0.6) is 5.75 Å². The Balaban J connectivity index is 2.50. The van der Waals surface area contributed by atoms with Crippen LogP contribution in [0.4, 0.5) is 18.0 Å². The fraction of sp³-hybridized carbons (Fsp3) is 0.385. The van der Waals surface area contributed by atoms with E-state index >= 15 is 0 Å². The van der Waals surface area contributed by atoms with Crippen molar-refractivity contribution in [3.05, 3.63) is 29.8 Å². The number of aryl methyl sites for hydroxylation is 1. The van der Waals surface area contributed by atoms with E-state index in [0.29, 0.717) is 0 Å². The molecular formula is C13H15F3N2O4. The highest BCUT2D eigenvalue weighted by atomic mass is 19.4. The molecule has 0 atom stereocenters. The van der Waals surface area contributed by atoms with Gasteiger partial charge in [-0.05, 0) is 25.0 Å². The highest BCUT2D eigenvalue weighted by Crippen LogP contribution is 2.26. The van der Waals surface area contributed by atoms with Gasteiger partial charge in [0.15, 0.2) is 0 Å². The molecule has 0 saturated carbocycles. The van der Waals surface area contributed by atoms with Crippen molar-refractivity contribution in [2.24, 2.45) is 0 Å². The average molecular weight is 320 g/mol. The van der Waals surface area contributed by atoms with E-state index in [4.69, 9.17) is 0 Å². The molecule has 9 heteroatoms. The molecule has 0 aromatic heterocycles. The Morgan fingerprint density at radius 3 is 2.50 bits per heavy atom. The van der Waals surface area contributed by atoms with E-state index < -0.39 is 18.4 Å². The molecule has 0 radical (unpaired) electrons. The lowest BCUT2D eigenvalue weighted by Crippen LogP contribution is -2.42. The molecule has 0 aliphatic carbocycles. The Hall–Kier alpha value is -2.45. The highest BCUT2D eigenvalue weighted by molar-refractivity contribution is 5.79. The molecule has 0 heterocycles. The van der Waals surface area contributed by atoms with E-state index in [1.54, 1.807) is 6.92 Å². The third kappa shape index (κ3) is 6.82. The van der Waals surface area contributed by atoms with Crippen molar-refractivity contribution in [3.63, 3.8) is 0 Å². The largest absolute Gasteiger partial charge is 0.573 e. The topological polar surface area (TPSA) is 76.7 Å². The number of hydrogen-bond donors (Lipinski definition) is 2. The minimum absolute atomic E-state index is 0.0165. The Labute approximate surface area is 124 Å². The fourth-order valence-electron chi connectivity index (χ4n) is 1.53. The highest BCUT2D eigenvalue weighted by Gasteiger charge is 2.31. The van der Waals surface area contributed by atoms with Crippen molar-refractivity contribution < 1.29 is 32.2 Å². The number of ether oxygens (including phenoxy) is 2. The van der Waals surface area contributed by atoms with Gasteiger partial charge in [-0.1, -0.05) is 18.2 Å². The molecule has 0 aliphatic rings. The summed E-state index contributed by atoms with van der Waals surface area (Å²) < 4.78 is 45.1. The first-order chi connectivity index (χ1) is 10.3. The second kappa shape index (κ2) is 8.11. The van der Waals surface area contributed by atoms with Crippen LogP contribution in [0.25, 0.3) is 0 Å². The molecule has 2 N–H and O–H groups in total. The number of hydrazine groups is 1. The number of carbonyl (C=O) groups excluding carboxylic acids is 2. The predicted molar refractivity (Wildman–Crippen MR) is 69.7 cm³/mol. The molecule has 122 valence electrons. The molecule has 22 heavy (non-hydrogen) atoms. The normalized spacial score (nSPS) is 10.7. The van der Waals surface area contributed by atoms with Crippen molar-refractivity contribution in [2.75, 3.05) is 6.61 Å². The van der Waals surface area contributed by atoms with Gasteiger partial charge in [0.25, 0.3) is 0 Å². The molecule has 1 rings (SSSR count). The van der Waals surface area contributed by atoms with Gasteiger partial charge in [-0.2, -0.15) is 0 Å². The SMILES string of the molecule is CCOC(=O)NNC(=O)CCc1ccccc1OC(F)(F)F. The molecule has 0 unspecified atom stereocenters. The maximum atomic E-state index is 12.2. The van der Waals surface area contributed by atoms with E-state index in [1.165, 1.54) is 18.2 Å². The number of benzene rings is 1. The number of nitrogens with one attached hydrogen (secondary N) is 2. The van der Waals surface area contributed by atoms with Crippen LogP contribution < -0.4 is 15.6 Å². The van der Waals surface area contributed by atoms with Gasteiger partial charge in [0.1, 0.15) is 5.75 Å². The number of amides is 2. The zero-order chi connectivity index (χ0) is 16.6. The second-order valence-electron chi connectivity index (χ2n) is 4.05. The summed E-state index contributed by atoms with van der Waals surface area (Å²) in [6.07, 6.45) is -5.74. The fourth-order valence-corrected chi connectivity index (χ4v) is 1.53. The number of rotatable bonds is 5. The molecule has 0 bridgehead atoms. The van der Waals surface area contributed by atoms with Gasteiger partial charge in [-0.15, -0.1) is 13.2 Å². The van der Waals surface area contributed by atoms with Crippen LogP contribution in [-0.2, 0) is 16.0 Å². The minimum atomic E-state index is -4.80. The molecule has 0 spiro atoms. The maximum Gasteiger partial charge on any atom is 0.573 e. The summed E-state index contributed by atoms with van der Waals surface area (Å²) in [7, 11) is 0. The Bertz CT molecular complexity index is 520. The zero-order valence-electron chi connectivity index (χ0n) is 11.7. The summed E-state index contributed by atoms with van der Waals surface area (Å²) in [5.41, 5.74) is 4.31. The smallest absolute Gasteiger partial charge is 0.449 e. The summed E-state index contributed by atoms with van der Waals surface area (Å²) in [5, 5.41) is 0. The van der Waals surface area contributed by atoms with Crippen LogP contribution in [0.3, 0.4) is 0 Å². The maximum absolute atomic E-state index is 12.2. The van der Waals surface area contributed by atoms with Gasteiger partial charge in [0.2, 0.25) is 5.91 Å². The molecular weight excluding hydrogens is 305 g/mol. The third-order valence-electron chi connectivity index (χ3n) is 2.40. The number of para-hydroxylation sites is 1. The van der Waals surface area contributed by atoms with Crippen molar-refractivity contribution in [2.45, 2.75) is 26.1 Å². The van der Waals surface area contributed by atoms with E-state index in [9.17, 15) is 22.8 Å². The number of carbonyl (C=O) groups is 2. The van der Waals surface area contributed by atoms with E-state index in [-0.39, 0.29) is 30.8 Å². The van der Waals surface area contributed by atoms with Crippen LogP contribution in [0.15, 0.2) is 24.3 Å². The minimum Gasteiger partial charge on any atom is -0.449 e. The van der Waals surface area contributed by atoms with Gasteiger partial charge in [0.05, 0.1) is 6.61 Å². The molecule has 1 aromatic carbocycles. The molecule has 1 aromatic rings. The zero-order valence-corrected chi connectivity index (χ0v) is 11.7. The first kappa shape index (κ1) is 17.6. The van der Waals surface area contributed by atoms with Crippen LogP contribution in [0.2, 0.25) is 0 Å². The Morgan fingerprint density at radius 1 is 1.18 bits per heavy atom. The van der Waals surface area contributed by atoms with Crippen molar-refractivity contribution in [3.8, 4) is 5.75 Å². The summed E-state index contributed by atoms with van der Waals surface area (Å²) in [6.45, 7) is 1.74. The molecule has 0 aliphatic heterocycles. The van der Waals surface area contributed by atoms with Crippen LogP contribution in [-0.4, -0.2) is 25.0 Å². The lowest BCUT2D eigenvalue weighted by atomic mass is 10.1. The molecule has 0 fully saturated rings. The Morgan fingerprint density at radius 2 is 1.86 bits per heavy atom.